The predicted octanol–water partition coefficient (Wildman–Crippen LogP) is 3.86. The van der Waals surface area contributed by atoms with Crippen LogP contribution in [0.1, 0.15) is 22.0 Å². The molecule has 0 radical (unpaired) electrons. The molecule has 0 saturated heterocycles. The Morgan fingerprint density at radius 1 is 0.952 bits per heavy atom. The fourth-order valence-electron chi connectivity index (χ4n) is 1.85. The van der Waals surface area contributed by atoms with Gasteiger partial charge in [-0.15, -0.1) is 0 Å². The molecule has 1 atom stereocenters. The third-order valence-electron chi connectivity index (χ3n) is 2.85. The molecule has 2 nitrogen and oxygen atoms in total. The number of hydrogen-bond donors (Lipinski definition) is 1. The van der Waals surface area contributed by atoms with Gasteiger partial charge in [-0.25, -0.2) is 4.39 Å². The third-order valence-corrected chi connectivity index (χ3v) is 2.85. The fourth-order valence-corrected chi connectivity index (χ4v) is 1.85. The zero-order valence-corrected chi connectivity index (χ0v) is 10.7. The topological polar surface area (TPSA) is 29.1 Å². The van der Waals surface area contributed by atoms with Crippen molar-refractivity contribution in [3.05, 3.63) is 71.5 Å². The van der Waals surface area contributed by atoms with Crippen LogP contribution in [0.3, 0.4) is 0 Å². The maximum atomic E-state index is 13.4. The molecule has 0 fully saturated rings. The molecule has 0 aromatic heterocycles. The van der Waals surface area contributed by atoms with E-state index in [1.165, 1.54) is 36.4 Å². The van der Waals surface area contributed by atoms with E-state index in [9.17, 15) is 22.4 Å². The highest BCUT2D eigenvalue weighted by atomic mass is 19.4. The number of halogens is 4. The molecule has 2 rings (SSSR count). The van der Waals surface area contributed by atoms with Crippen LogP contribution in [-0.2, 0) is 0 Å². The molecule has 0 unspecified atom stereocenters. The number of carbonyl (C=O) groups is 1. The fraction of sp³-hybridized carbons (Fsp3) is 0.133. The number of rotatable bonds is 3. The van der Waals surface area contributed by atoms with Crippen molar-refractivity contribution in [3.8, 4) is 0 Å². The zero-order chi connectivity index (χ0) is 15.5. The van der Waals surface area contributed by atoms with Gasteiger partial charge in [0.15, 0.2) is 6.04 Å². The number of nitrogens with one attached hydrogen (secondary N) is 1. The van der Waals surface area contributed by atoms with Crippen LogP contribution in [0.15, 0.2) is 54.6 Å². The van der Waals surface area contributed by atoms with E-state index in [0.29, 0.717) is 0 Å². The summed E-state index contributed by atoms with van der Waals surface area (Å²) in [6.07, 6.45) is -4.68. The number of benzene rings is 2. The van der Waals surface area contributed by atoms with Gasteiger partial charge in [-0.1, -0.05) is 42.5 Å². The molecular weight excluding hydrogens is 286 g/mol. The largest absolute Gasteiger partial charge is 0.412 e. The molecule has 0 saturated carbocycles. The molecule has 0 bridgehead atoms. The van der Waals surface area contributed by atoms with E-state index in [-0.39, 0.29) is 5.56 Å². The Kier molecular flexibility index (Phi) is 4.26. The van der Waals surface area contributed by atoms with Crippen molar-refractivity contribution in [1.29, 1.82) is 0 Å². The van der Waals surface area contributed by atoms with Gasteiger partial charge in [-0.3, -0.25) is 4.79 Å². The minimum Gasteiger partial charge on any atom is -0.337 e. The van der Waals surface area contributed by atoms with Gasteiger partial charge in [0.05, 0.1) is 5.56 Å². The second-order valence-electron chi connectivity index (χ2n) is 4.34. The van der Waals surface area contributed by atoms with Crippen molar-refractivity contribution in [2.45, 2.75) is 12.2 Å². The SMILES string of the molecule is O=C(N[C@H](c1ccccc1)C(F)(F)F)c1ccccc1F. The van der Waals surface area contributed by atoms with Crippen LogP contribution in [-0.4, -0.2) is 12.1 Å². The number of amides is 1. The molecule has 0 aliphatic heterocycles. The van der Waals surface area contributed by atoms with Crippen molar-refractivity contribution in [3.63, 3.8) is 0 Å². The van der Waals surface area contributed by atoms with Gasteiger partial charge >= 0.3 is 6.18 Å². The summed E-state index contributed by atoms with van der Waals surface area (Å²) < 4.78 is 52.7. The number of hydrogen-bond acceptors (Lipinski definition) is 1. The summed E-state index contributed by atoms with van der Waals surface area (Å²) in [6, 6.07) is 9.62. The maximum Gasteiger partial charge on any atom is 0.412 e. The molecule has 21 heavy (non-hydrogen) atoms. The average Bonchev–Trinajstić information content (AvgIpc) is 2.44. The summed E-state index contributed by atoms with van der Waals surface area (Å²) in [5.41, 5.74) is -0.544. The van der Waals surface area contributed by atoms with Crippen LogP contribution in [0.5, 0.6) is 0 Å². The van der Waals surface area contributed by atoms with E-state index in [4.69, 9.17) is 0 Å². The Morgan fingerprint density at radius 2 is 1.52 bits per heavy atom. The summed E-state index contributed by atoms with van der Waals surface area (Å²) in [5, 5.41) is 1.83. The monoisotopic (exact) mass is 297 g/mol. The van der Waals surface area contributed by atoms with Gasteiger partial charge in [0.25, 0.3) is 5.91 Å². The van der Waals surface area contributed by atoms with Crippen LogP contribution >= 0.6 is 0 Å². The van der Waals surface area contributed by atoms with E-state index in [0.717, 1.165) is 12.1 Å². The van der Waals surface area contributed by atoms with Crippen LogP contribution in [0.4, 0.5) is 17.6 Å². The standard InChI is InChI=1S/C15H11F4NO/c16-12-9-5-4-8-11(12)14(21)20-13(15(17,18)19)10-6-2-1-3-7-10/h1-9,13H,(H,20,21)/t13-/m1/s1. The minimum atomic E-state index is -4.68. The van der Waals surface area contributed by atoms with E-state index < -0.39 is 29.5 Å². The lowest BCUT2D eigenvalue weighted by Crippen LogP contribution is -2.38. The third kappa shape index (κ3) is 3.59. The Labute approximate surface area is 118 Å². The van der Waals surface area contributed by atoms with E-state index in [2.05, 4.69) is 0 Å². The van der Waals surface area contributed by atoms with Gasteiger partial charge in [-0.2, -0.15) is 13.2 Å². The maximum absolute atomic E-state index is 13.4. The van der Waals surface area contributed by atoms with Crippen molar-refractivity contribution < 1.29 is 22.4 Å². The summed E-state index contributed by atoms with van der Waals surface area (Å²) >= 11 is 0. The van der Waals surface area contributed by atoms with Crippen LogP contribution in [0.25, 0.3) is 0 Å². The molecule has 1 amide bonds. The first-order valence-electron chi connectivity index (χ1n) is 6.06. The molecule has 1 N–H and O–H groups in total. The van der Waals surface area contributed by atoms with E-state index in [1.54, 1.807) is 6.07 Å². The van der Waals surface area contributed by atoms with E-state index >= 15 is 0 Å². The molecular formula is C15H11F4NO. The first kappa shape index (κ1) is 15.0. The summed E-state index contributed by atoms with van der Waals surface area (Å²) in [5.74, 6) is -1.98. The van der Waals surface area contributed by atoms with Gasteiger partial charge in [0.2, 0.25) is 0 Å². The van der Waals surface area contributed by atoms with Crippen molar-refractivity contribution >= 4 is 5.91 Å². The minimum absolute atomic E-state index is 0.116. The van der Waals surface area contributed by atoms with Crippen LogP contribution in [0.2, 0.25) is 0 Å². The molecule has 2 aromatic carbocycles. The lowest BCUT2D eigenvalue weighted by Gasteiger charge is -2.22. The highest BCUT2D eigenvalue weighted by Gasteiger charge is 2.42. The number of carbonyl (C=O) groups excluding carboxylic acids is 1. The van der Waals surface area contributed by atoms with Gasteiger partial charge < -0.3 is 5.32 Å². The molecule has 0 aliphatic carbocycles. The second-order valence-corrected chi connectivity index (χ2v) is 4.34. The lowest BCUT2D eigenvalue weighted by molar-refractivity contribution is -0.155. The van der Waals surface area contributed by atoms with Gasteiger partial charge in [0, 0.05) is 0 Å². The molecule has 0 heterocycles. The highest BCUT2D eigenvalue weighted by Crippen LogP contribution is 2.32. The van der Waals surface area contributed by atoms with Crippen molar-refractivity contribution in [1.82, 2.24) is 5.32 Å². The van der Waals surface area contributed by atoms with Gasteiger partial charge in [-0.05, 0) is 17.7 Å². The van der Waals surface area contributed by atoms with Crippen molar-refractivity contribution in [2.75, 3.05) is 0 Å². The zero-order valence-electron chi connectivity index (χ0n) is 10.7. The molecule has 0 spiro atoms. The Hall–Kier alpha value is -2.37. The molecule has 110 valence electrons. The Morgan fingerprint density at radius 3 is 2.10 bits per heavy atom. The summed E-state index contributed by atoms with van der Waals surface area (Å²) in [4.78, 5) is 11.8. The van der Waals surface area contributed by atoms with Crippen LogP contribution < -0.4 is 5.32 Å². The highest BCUT2D eigenvalue weighted by molar-refractivity contribution is 5.94. The van der Waals surface area contributed by atoms with Crippen LogP contribution in [0, 0.1) is 5.82 Å². The summed E-state index contributed by atoms with van der Waals surface area (Å²) in [6.45, 7) is 0. The Bertz CT molecular complexity index is 625. The van der Waals surface area contributed by atoms with Gasteiger partial charge in [0.1, 0.15) is 5.82 Å². The quantitative estimate of drug-likeness (QED) is 0.856. The first-order valence-corrected chi connectivity index (χ1v) is 6.06. The Balaban J connectivity index is 2.29. The number of alkyl halides is 3. The molecule has 6 heteroatoms. The molecule has 2 aromatic rings. The van der Waals surface area contributed by atoms with Crippen molar-refractivity contribution in [2.24, 2.45) is 0 Å². The second kappa shape index (κ2) is 5.95. The normalized spacial score (nSPS) is 12.8. The summed E-state index contributed by atoms with van der Waals surface area (Å²) in [7, 11) is 0. The smallest absolute Gasteiger partial charge is 0.337 e. The lowest BCUT2D eigenvalue weighted by atomic mass is 10.1. The average molecular weight is 297 g/mol. The molecule has 0 aliphatic rings. The first-order chi connectivity index (χ1) is 9.89. The van der Waals surface area contributed by atoms with E-state index in [1.807, 2.05) is 5.32 Å². The predicted molar refractivity (Wildman–Crippen MR) is 69.1 cm³/mol.